The third-order valence-corrected chi connectivity index (χ3v) is 1.64. The van der Waals surface area contributed by atoms with E-state index in [1.807, 2.05) is 25.1 Å². The first-order chi connectivity index (χ1) is 6.11. The van der Waals surface area contributed by atoms with Gasteiger partial charge in [0.25, 0.3) is 0 Å². The zero-order valence-corrected chi connectivity index (χ0v) is 7.83. The van der Waals surface area contributed by atoms with E-state index < -0.39 is 0 Å². The molecule has 2 nitrogen and oxygen atoms in total. The Hall–Kier alpha value is -1.57. The molecule has 0 aromatic heterocycles. The minimum Gasteiger partial charge on any atom is -0.423 e. The number of esters is 1. The molecule has 0 saturated heterocycles. The molecule has 0 radical (unpaired) electrons. The van der Waals surface area contributed by atoms with Crippen molar-refractivity contribution in [2.24, 2.45) is 0 Å². The maximum Gasteiger partial charge on any atom is 0.338 e. The molecule has 2 heteroatoms. The Bertz CT molecular complexity index is 340. The molecule has 1 aromatic rings. The van der Waals surface area contributed by atoms with Gasteiger partial charge in [0, 0.05) is 5.57 Å². The summed E-state index contributed by atoms with van der Waals surface area (Å²) in [7, 11) is 0. The average molecular weight is 176 g/mol. The predicted molar refractivity (Wildman–Crippen MR) is 51.6 cm³/mol. The number of carbonyl (C=O) groups excluding carboxylic acids is 1. The van der Waals surface area contributed by atoms with Gasteiger partial charge >= 0.3 is 5.97 Å². The van der Waals surface area contributed by atoms with E-state index in [1.54, 1.807) is 13.0 Å². The monoisotopic (exact) mass is 176 g/mol. The first-order valence-electron chi connectivity index (χ1n) is 4.04. The number of hydrogen-bond acceptors (Lipinski definition) is 2. The van der Waals surface area contributed by atoms with Gasteiger partial charge in [0.05, 0.1) is 0 Å². The molecule has 0 fully saturated rings. The largest absolute Gasteiger partial charge is 0.423 e. The second-order valence-corrected chi connectivity index (χ2v) is 2.94. The fraction of sp³-hybridized carbons (Fsp3) is 0.182. The topological polar surface area (TPSA) is 26.3 Å². The Kier molecular flexibility index (Phi) is 2.85. The van der Waals surface area contributed by atoms with E-state index in [1.165, 1.54) is 0 Å². The molecule has 0 bridgehead atoms. The molecule has 1 aromatic carbocycles. The van der Waals surface area contributed by atoms with E-state index >= 15 is 0 Å². The lowest BCUT2D eigenvalue weighted by atomic mass is 10.2. The number of carbonyl (C=O) groups is 1. The van der Waals surface area contributed by atoms with Gasteiger partial charge < -0.3 is 4.74 Å². The van der Waals surface area contributed by atoms with Crippen LogP contribution in [0.25, 0.3) is 0 Å². The quantitative estimate of drug-likeness (QED) is 0.393. The first-order valence-corrected chi connectivity index (χ1v) is 4.04. The molecule has 0 aliphatic heterocycles. The van der Waals surface area contributed by atoms with Crippen molar-refractivity contribution in [1.82, 2.24) is 0 Å². The number of benzene rings is 1. The molecule has 0 unspecified atom stereocenters. The van der Waals surface area contributed by atoms with Crippen molar-refractivity contribution >= 4 is 5.97 Å². The van der Waals surface area contributed by atoms with E-state index in [-0.39, 0.29) is 5.97 Å². The van der Waals surface area contributed by atoms with E-state index in [4.69, 9.17) is 4.74 Å². The number of para-hydroxylation sites is 1. The molecule has 0 N–H and O–H groups in total. The van der Waals surface area contributed by atoms with Gasteiger partial charge in [0.15, 0.2) is 0 Å². The Morgan fingerprint density at radius 1 is 1.38 bits per heavy atom. The standard InChI is InChI=1S/C11H12O2/c1-8(2)11(12)13-10-7-5-4-6-9(10)3/h4-7H,1H2,2-3H3. The summed E-state index contributed by atoms with van der Waals surface area (Å²) in [5, 5.41) is 0. The van der Waals surface area contributed by atoms with Crippen molar-refractivity contribution < 1.29 is 9.53 Å². The van der Waals surface area contributed by atoms with Crippen LogP contribution in [0.1, 0.15) is 12.5 Å². The fourth-order valence-electron chi connectivity index (χ4n) is 0.858. The van der Waals surface area contributed by atoms with Crippen LogP contribution in [-0.2, 0) is 4.79 Å². The van der Waals surface area contributed by atoms with Crippen LogP contribution in [-0.4, -0.2) is 5.97 Å². The fourth-order valence-corrected chi connectivity index (χ4v) is 0.858. The van der Waals surface area contributed by atoms with Crippen molar-refractivity contribution in [3.05, 3.63) is 42.0 Å². The van der Waals surface area contributed by atoms with Crippen LogP contribution in [0.3, 0.4) is 0 Å². The SMILES string of the molecule is C=C(C)C(=O)Oc1ccccc1C. The number of ether oxygens (including phenoxy) is 1. The van der Waals surface area contributed by atoms with Gasteiger partial charge in [-0.2, -0.15) is 0 Å². The predicted octanol–water partition coefficient (Wildman–Crippen LogP) is 2.48. The van der Waals surface area contributed by atoms with Crippen LogP contribution >= 0.6 is 0 Å². The molecule has 68 valence electrons. The van der Waals surface area contributed by atoms with Gasteiger partial charge in [-0.25, -0.2) is 4.79 Å². The lowest BCUT2D eigenvalue weighted by Gasteiger charge is -2.05. The minimum absolute atomic E-state index is 0.380. The van der Waals surface area contributed by atoms with E-state index in [2.05, 4.69) is 6.58 Å². The highest BCUT2D eigenvalue weighted by Gasteiger charge is 2.06. The highest BCUT2D eigenvalue weighted by atomic mass is 16.5. The van der Waals surface area contributed by atoms with Gasteiger partial charge in [-0.3, -0.25) is 0 Å². The molecular weight excluding hydrogens is 164 g/mol. The van der Waals surface area contributed by atoms with Crippen LogP contribution in [0, 0.1) is 6.92 Å². The summed E-state index contributed by atoms with van der Waals surface area (Å²) >= 11 is 0. The summed E-state index contributed by atoms with van der Waals surface area (Å²) in [6, 6.07) is 7.37. The lowest BCUT2D eigenvalue weighted by molar-refractivity contribution is -0.130. The average Bonchev–Trinajstić information content (AvgIpc) is 2.08. The smallest absolute Gasteiger partial charge is 0.338 e. The number of aryl methyl sites for hydroxylation is 1. The lowest BCUT2D eigenvalue weighted by Crippen LogP contribution is -2.08. The van der Waals surface area contributed by atoms with Crippen LogP contribution in [0.15, 0.2) is 36.4 Å². The summed E-state index contributed by atoms with van der Waals surface area (Å²) in [6.45, 7) is 7.02. The second-order valence-electron chi connectivity index (χ2n) is 2.94. The van der Waals surface area contributed by atoms with Crippen molar-refractivity contribution in [2.75, 3.05) is 0 Å². The van der Waals surface area contributed by atoms with Crippen molar-refractivity contribution in [3.8, 4) is 5.75 Å². The van der Waals surface area contributed by atoms with Crippen molar-refractivity contribution in [1.29, 1.82) is 0 Å². The normalized spacial score (nSPS) is 9.38. The first kappa shape index (κ1) is 9.52. The van der Waals surface area contributed by atoms with Gasteiger partial charge in [0.2, 0.25) is 0 Å². The summed E-state index contributed by atoms with van der Waals surface area (Å²) < 4.78 is 5.07. The van der Waals surface area contributed by atoms with Gasteiger partial charge in [-0.05, 0) is 25.5 Å². The van der Waals surface area contributed by atoms with Crippen molar-refractivity contribution in [3.63, 3.8) is 0 Å². The molecule has 0 spiro atoms. The highest BCUT2D eigenvalue weighted by molar-refractivity contribution is 5.88. The molecule has 0 atom stereocenters. The Morgan fingerprint density at radius 2 is 2.00 bits per heavy atom. The van der Waals surface area contributed by atoms with Crippen molar-refractivity contribution in [2.45, 2.75) is 13.8 Å². The van der Waals surface area contributed by atoms with Crippen LogP contribution in [0.2, 0.25) is 0 Å². The molecule has 0 amide bonds. The molecular formula is C11H12O2. The summed E-state index contributed by atoms with van der Waals surface area (Å²) in [4.78, 5) is 11.1. The Morgan fingerprint density at radius 3 is 2.54 bits per heavy atom. The number of rotatable bonds is 2. The van der Waals surface area contributed by atoms with E-state index in [0.29, 0.717) is 11.3 Å². The van der Waals surface area contributed by atoms with Gasteiger partial charge in [0.1, 0.15) is 5.75 Å². The molecule has 0 aliphatic carbocycles. The van der Waals surface area contributed by atoms with E-state index in [9.17, 15) is 4.79 Å². The summed E-state index contributed by atoms with van der Waals surface area (Å²) in [5.41, 5.74) is 1.35. The van der Waals surface area contributed by atoms with Crippen LogP contribution in [0.4, 0.5) is 0 Å². The van der Waals surface area contributed by atoms with Gasteiger partial charge in [-0.1, -0.05) is 24.8 Å². The van der Waals surface area contributed by atoms with Crippen LogP contribution in [0.5, 0.6) is 5.75 Å². The zero-order valence-electron chi connectivity index (χ0n) is 7.83. The molecule has 0 saturated carbocycles. The third kappa shape index (κ3) is 2.44. The zero-order chi connectivity index (χ0) is 9.84. The maximum atomic E-state index is 11.1. The number of hydrogen-bond donors (Lipinski definition) is 0. The highest BCUT2D eigenvalue weighted by Crippen LogP contribution is 2.16. The van der Waals surface area contributed by atoms with Crippen LogP contribution < -0.4 is 4.74 Å². The van der Waals surface area contributed by atoms with Gasteiger partial charge in [-0.15, -0.1) is 0 Å². The third-order valence-electron chi connectivity index (χ3n) is 1.64. The Labute approximate surface area is 77.8 Å². The maximum absolute atomic E-state index is 11.1. The minimum atomic E-state index is -0.380. The summed E-state index contributed by atoms with van der Waals surface area (Å²) in [6.07, 6.45) is 0. The van der Waals surface area contributed by atoms with E-state index in [0.717, 1.165) is 5.56 Å². The Balaban J connectivity index is 2.81. The summed E-state index contributed by atoms with van der Waals surface area (Å²) in [5.74, 6) is 0.213. The molecule has 1 rings (SSSR count). The molecule has 0 aliphatic rings. The second kappa shape index (κ2) is 3.90. The molecule has 0 heterocycles. The molecule has 13 heavy (non-hydrogen) atoms.